The van der Waals surface area contributed by atoms with E-state index in [1.165, 1.54) is 0 Å². The Morgan fingerprint density at radius 2 is 2.00 bits per heavy atom. The maximum absolute atomic E-state index is 12.5. The van der Waals surface area contributed by atoms with Gasteiger partial charge in [0.1, 0.15) is 5.75 Å². The van der Waals surface area contributed by atoms with Crippen molar-refractivity contribution in [2.75, 3.05) is 21.0 Å². The van der Waals surface area contributed by atoms with E-state index in [4.69, 9.17) is 14.2 Å². The summed E-state index contributed by atoms with van der Waals surface area (Å²) in [6.07, 6.45) is 0. The molecule has 6 heteroatoms. The third-order valence-corrected chi connectivity index (χ3v) is 4.51. The lowest BCUT2D eigenvalue weighted by atomic mass is 10.1. The quantitative estimate of drug-likeness (QED) is 0.826. The summed E-state index contributed by atoms with van der Waals surface area (Å²) in [7, 11) is 3.56. The molecule has 1 atom stereocenters. The third-order valence-electron chi connectivity index (χ3n) is 4.51. The number of nitrogens with zero attached hydrogens (tertiary/aromatic N) is 1. The molecule has 0 bridgehead atoms. The molecule has 1 N–H and O–H groups in total. The van der Waals surface area contributed by atoms with E-state index in [1.54, 1.807) is 7.11 Å². The van der Waals surface area contributed by atoms with Crippen LogP contribution in [0.4, 0.5) is 0 Å². The van der Waals surface area contributed by atoms with Crippen molar-refractivity contribution in [3.63, 3.8) is 0 Å². The number of nitrogens with one attached hydrogen (secondary N) is 1. The van der Waals surface area contributed by atoms with E-state index in [9.17, 15) is 4.79 Å². The average Bonchev–Trinajstić information content (AvgIpc) is 3.13. The zero-order valence-electron chi connectivity index (χ0n) is 15.3. The van der Waals surface area contributed by atoms with Crippen LogP contribution in [0.25, 0.3) is 0 Å². The molecule has 2 aromatic rings. The van der Waals surface area contributed by atoms with Crippen LogP contribution in [-0.4, -0.2) is 37.8 Å². The van der Waals surface area contributed by atoms with Gasteiger partial charge < -0.3 is 19.5 Å². The largest absolute Gasteiger partial charge is 0.497 e. The smallest absolute Gasteiger partial charge is 0.237 e. The number of benzene rings is 2. The van der Waals surface area contributed by atoms with Gasteiger partial charge in [-0.1, -0.05) is 18.2 Å². The van der Waals surface area contributed by atoms with Crippen LogP contribution in [0, 0.1) is 0 Å². The van der Waals surface area contributed by atoms with Gasteiger partial charge >= 0.3 is 0 Å². The van der Waals surface area contributed by atoms with Gasteiger partial charge in [0.15, 0.2) is 11.5 Å². The highest BCUT2D eigenvalue weighted by Gasteiger charge is 2.19. The van der Waals surface area contributed by atoms with Crippen molar-refractivity contribution in [2.45, 2.75) is 26.1 Å². The Labute approximate surface area is 153 Å². The number of methoxy groups -OCH3 is 1. The van der Waals surface area contributed by atoms with Gasteiger partial charge in [0.05, 0.1) is 13.2 Å². The van der Waals surface area contributed by atoms with Crippen molar-refractivity contribution >= 4 is 5.91 Å². The minimum Gasteiger partial charge on any atom is -0.497 e. The predicted molar refractivity (Wildman–Crippen MR) is 98.3 cm³/mol. The van der Waals surface area contributed by atoms with Crippen molar-refractivity contribution in [3.8, 4) is 17.2 Å². The molecule has 26 heavy (non-hydrogen) atoms. The summed E-state index contributed by atoms with van der Waals surface area (Å²) in [6.45, 7) is 3.27. The molecular formula is C20H24N2O4. The molecule has 6 nitrogen and oxygen atoms in total. The average molecular weight is 356 g/mol. The number of fused-ring (bicyclic) bond motifs is 1. The van der Waals surface area contributed by atoms with Gasteiger partial charge in [-0.2, -0.15) is 0 Å². The summed E-state index contributed by atoms with van der Waals surface area (Å²) < 4.78 is 15.9. The minimum atomic E-state index is -0.258. The van der Waals surface area contributed by atoms with Crippen molar-refractivity contribution in [1.82, 2.24) is 10.2 Å². The van der Waals surface area contributed by atoms with Crippen molar-refractivity contribution in [3.05, 3.63) is 53.6 Å². The number of carbonyl (C=O) groups is 1. The molecule has 2 aromatic carbocycles. The Bertz CT molecular complexity index is 778. The highest BCUT2D eigenvalue weighted by molar-refractivity contribution is 5.81. The van der Waals surface area contributed by atoms with E-state index in [0.29, 0.717) is 13.1 Å². The van der Waals surface area contributed by atoms with E-state index in [2.05, 4.69) is 5.32 Å². The summed E-state index contributed by atoms with van der Waals surface area (Å²) in [5.41, 5.74) is 2.08. The normalized spacial score (nSPS) is 13.5. The molecule has 0 aromatic heterocycles. The highest BCUT2D eigenvalue weighted by atomic mass is 16.7. The standard InChI is InChI=1S/C20H24N2O4/c1-14(20(23)21-11-15-5-4-6-17(9-15)24-3)22(2)12-16-7-8-18-19(10-16)26-13-25-18/h4-10,14H,11-13H2,1-3H3,(H,21,23). The zero-order chi connectivity index (χ0) is 18.5. The highest BCUT2D eigenvalue weighted by Crippen LogP contribution is 2.32. The Morgan fingerprint density at radius 3 is 2.81 bits per heavy atom. The molecule has 0 radical (unpaired) electrons. The molecule has 1 aliphatic heterocycles. The lowest BCUT2D eigenvalue weighted by Crippen LogP contribution is -2.42. The second-order valence-corrected chi connectivity index (χ2v) is 6.35. The van der Waals surface area contributed by atoms with Gasteiger partial charge in [-0.15, -0.1) is 0 Å². The maximum Gasteiger partial charge on any atom is 0.237 e. The summed E-state index contributed by atoms with van der Waals surface area (Å²) in [6, 6.07) is 13.3. The summed E-state index contributed by atoms with van der Waals surface area (Å²) in [5.74, 6) is 2.28. The van der Waals surface area contributed by atoms with E-state index in [1.807, 2.05) is 61.3 Å². The van der Waals surface area contributed by atoms with E-state index in [0.717, 1.165) is 28.4 Å². The fraction of sp³-hybridized carbons (Fsp3) is 0.350. The van der Waals surface area contributed by atoms with Crippen LogP contribution in [-0.2, 0) is 17.9 Å². The second-order valence-electron chi connectivity index (χ2n) is 6.35. The molecule has 0 aliphatic carbocycles. The summed E-state index contributed by atoms with van der Waals surface area (Å²) >= 11 is 0. The number of amides is 1. The number of hydrogen-bond donors (Lipinski definition) is 1. The van der Waals surface area contributed by atoms with Crippen LogP contribution in [0.5, 0.6) is 17.2 Å². The Hall–Kier alpha value is -2.73. The molecule has 1 aliphatic rings. The summed E-state index contributed by atoms with van der Waals surface area (Å²) in [4.78, 5) is 14.5. The molecule has 0 saturated heterocycles. The van der Waals surface area contributed by atoms with Crippen molar-refractivity contribution < 1.29 is 19.0 Å². The lowest BCUT2D eigenvalue weighted by Gasteiger charge is -2.24. The first-order valence-corrected chi connectivity index (χ1v) is 8.56. The SMILES string of the molecule is COc1cccc(CNC(=O)C(C)N(C)Cc2ccc3c(c2)OCO3)c1. The second kappa shape index (κ2) is 8.10. The maximum atomic E-state index is 12.5. The van der Waals surface area contributed by atoms with Gasteiger partial charge in [-0.3, -0.25) is 9.69 Å². The number of ether oxygens (including phenoxy) is 3. The Kier molecular flexibility index (Phi) is 5.63. The van der Waals surface area contributed by atoms with E-state index < -0.39 is 0 Å². The van der Waals surface area contributed by atoms with Gasteiger partial charge in [-0.05, 0) is 49.4 Å². The van der Waals surface area contributed by atoms with Crippen LogP contribution in [0.2, 0.25) is 0 Å². The number of rotatable bonds is 7. The molecule has 0 spiro atoms. The molecule has 138 valence electrons. The van der Waals surface area contributed by atoms with Crippen LogP contribution < -0.4 is 19.5 Å². The minimum absolute atomic E-state index is 0.0175. The molecule has 1 amide bonds. The topological polar surface area (TPSA) is 60.0 Å². The van der Waals surface area contributed by atoms with Crippen molar-refractivity contribution in [2.24, 2.45) is 0 Å². The zero-order valence-corrected chi connectivity index (χ0v) is 15.3. The fourth-order valence-electron chi connectivity index (χ4n) is 2.78. The third kappa shape index (κ3) is 4.26. The first-order chi connectivity index (χ1) is 12.6. The van der Waals surface area contributed by atoms with Gasteiger partial charge in [0, 0.05) is 13.1 Å². The molecule has 1 unspecified atom stereocenters. The molecule has 3 rings (SSSR count). The Balaban J connectivity index is 1.53. The predicted octanol–water partition coefficient (Wildman–Crippen LogP) is 2.56. The molecule has 0 saturated carbocycles. The Morgan fingerprint density at radius 1 is 1.19 bits per heavy atom. The van der Waals surface area contributed by atoms with E-state index >= 15 is 0 Å². The lowest BCUT2D eigenvalue weighted by molar-refractivity contribution is -0.125. The van der Waals surface area contributed by atoms with Crippen LogP contribution >= 0.6 is 0 Å². The summed E-state index contributed by atoms with van der Waals surface area (Å²) in [5, 5.41) is 2.98. The number of likely N-dealkylation sites (N-methyl/N-ethyl adjacent to an activating group) is 1. The first kappa shape index (κ1) is 18.1. The van der Waals surface area contributed by atoms with Gasteiger partial charge in [0.25, 0.3) is 0 Å². The van der Waals surface area contributed by atoms with Crippen molar-refractivity contribution in [1.29, 1.82) is 0 Å². The number of hydrogen-bond acceptors (Lipinski definition) is 5. The molecule has 0 fully saturated rings. The monoisotopic (exact) mass is 356 g/mol. The fourth-order valence-corrected chi connectivity index (χ4v) is 2.78. The van der Waals surface area contributed by atoms with Crippen LogP contribution in [0.3, 0.4) is 0 Å². The molecule has 1 heterocycles. The first-order valence-electron chi connectivity index (χ1n) is 8.56. The van der Waals surface area contributed by atoms with Crippen LogP contribution in [0.15, 0.2) is 42.5 Å². The van der Waals surface area contributed by atoms with E-state index in [-0.39, 0.29) is 18.7 Å². The number of carbonyl (C=O) groups excluding carboxylic acids is 1. The molecular weight excluding hydrogens is 332 g/mol. The van der Waals surface area contributed by atoms with Gasteiger partial charge in [0.2, 0.25) is 12.7 Å². The van der Waals surface area contributed by atoms with Crippen LogP contribution in [0.1, 0.15) is 18.1 Å². The van der Waals surface area contributed by atoms with Gasteiger partial charge in [-0.25, -0.2) is 0 Å².